The Morgan fingerprint density at radius 1 is 0.844 bits per heavy atom. The molecule has 0 aliphatic heterocycles. The normalized spacial score (nSPS) is 11.0. The van der Waals surface area contributed by atoms with Gasteiger partial charge in [0, 0.05) is 18.7 Å². The van der Waals surface area contributed by atoms with Crippen LogP contribution in [0.5, 0.6) is 0 Å². The van der Waals surface area contributed by atoms with Crippen molar-refractivity contribution in [2.45, 2.75) is 39.4 Å². The molecule has 0 bridgehead atoms. The van der Waals surface area contributed by atoms with Crippen molar-refractivity contribution in [2.75, 3.05) is 0 Å². The Kier molecular flexibility index (Phi) is 6.70. The smallest absolute Gasteiger partial charge is 0.246 e. The van der Waals surface area contributed by atoms with E-state index in [9.17, 15) is 4.79 Å². The first kappa shape index (κ1) is 21.4. The van der Waals surface area contributed by atoms with Gasteiger partial charge in [-0.15, -0.1) is 10.2 Å². The summed E-state index contributed by atoms with van der Waals surface area (Å²) in [5, 5.41) is 12.7. The number of amides is 1. The van der Waals surface area contributed by atoms with Gasteiger partial charge in [0.1, 0.15) is 6.54 Å². The molecule has 4 aromatic rings. The number of rotatable bonds is 8. The molecule has 162 valence electrons. The average Bonchev–Trinajstić information content (AvgIpc) is 3.28. The van der Waals surface area contributed by atoms with Gasteiger partial charge in [-0.25, -0.2) is 0 Å². The zero-order chi connectivity index (χ0) is 22.3. The van der Waals surface area contributed by atoms with Crippen LogP contribution >= 0.6 is 0 Å². The lowest BCUT2D eigenvalue weighted by atomic mass is 10.0. The summed E-state index contributed by atoms with van der Waals surface area (Å²) < 4.78 is 0. The Hall–Kier alpha value is -3.80. The van der Waals surface area contributed by atoms with Crippen molar-refractivity contribution < 1.29 is 4.79 Å². The van der Waals surface area contributed by atoms with E-state index in [4.69, 9.17) is 0 Å². The molecule has 3 aromatic carbocycles. The molecule has 6 nitrogen and oxygen atoms in total. The van der Waals surface area contributed by atoms with E-state index >= 15 is 0 Å². The molecule has 1 amide bonds. The van der Waals surface area contributed by atoms with Gasteiger partial charge in [0.2, 0.25) is 11.7 Å². The van der Waals surface area contributed by atoms with Crippen molar-refractivity contribution in [1.82, 2.24) is 25.1 Å². The number of nitrogens with zero attached hydrogens (tertiary/aromatic N) is 5. The largest absolute Gasteiger partial charge is 0.332 e. The monoisotopic (exact) mass is 425 g/mol. The summed E-state index contributed by atoms with van der Waals surface area (Å²) in [6.45, 7) is 5.40. The van der Waals surface area contributed by atoms with E-state index in [1.165, 1.54) is 10.4 Å². The highest BCUT2D eigenvalue weighted by Gasteiger charge is 2.17. The van der Waals surface area contributed by atoms with Gasteiger partial charge in [0.25, 0.3) is 0 Å². The first-order valence-electron chi connectivity index (χ1n) is 10.8. The number of tetrazole rings is 1. The second-order valence-corrected chi connectivity index (χ2v) is 8.14. The van der Waals surface area contributed by atoms with Crippen molar-refractivity contribution >= 4 is 5.91 Å². The van der Waals surface area contributed by atoms with Gasteiger partial charge in [-0.1, -0.05) is 98.8 Å². The van der Waals surface area contributed by atoms with Crippen LogP contribution in [0.15, 0.2) is 84.9 Å². The highest BCUT2D eigenvalue weighted by atomic mass is 16.2. The number of hydrogen-bond acceptors (Lipinski definition) is 4. The van der Waals surface area contributed by atoms with E-state index in [2.05, 4.69) is 41.4 Å². The fourth-order valence-electron chi connectivity index (χ4n) is 3.50. The molecule has 0 aliphatic carbocycles. The van der Waals surface area contributed by atoms with E-state index in [1.54, 1.807) is 0 Å². The zero-order valence-electron chi connectivity index (χ0n) is 18.4. The average molecular weight is 426 g/mol. The molecule has 0 fully saturated rings. The molecule has 0 unspecified atom stereocenters. The Morgan fingerprint density at radius 2 is 1.41 bits per heavy atom. The Balaban J connectivity index is 1.49. The Bertz CT molecular complexity index is 1100. The maximum Gasteiger partial charge on any atom is 0.246 e. The number of benzene rings is 3. The fourth-order valence-corrected chi connectivity index (χ4v) is 3.50. The van der Waals surface area contributed by atoms with Gasteiger partial charge in [0.15, 0.2) is 0 Å². The predicted octanol–water partition coefficient (Wildman–Crippen LogP) is 4.69. The number of hydrogen-bond donors (Lipinski definition) is 0. The topological polar surface area (TPSA) is 63.9 Å². The third-order valence-electron chi connectivity index (χ3n) is 5.35. The van der Waals surface area contributed by atoms with Crippen molar-refractivity contribution in [2.24, 2.45) is 0 Å². The van der Waals surface area contributed by atoms with E-state index in [1.807, 2.05) is 77.7 Å². The summed E-state index contributed by atoms with van der Waals surface area (Å²) >= 11 is 0. The highest BCUT2D eigenvalue weighted by molar-refractivity contribution is 5.75. The Morgan fingerprint density at radius 3 is 1.94 bits per heavy atom. The number of aromatic nitrogens is 4. The fraction of sp³-hybridized carbons (Fsp3) is 0.231. The van der Waals surface area contributed by atoms with Crippen LogP contribution in [0.2, 0.25) is 0 Å². The van der Waals surface area contributed by atoms with Crippen LogP contribution in [-0.2, 0) is 24.4 Å². The predicted molar refractivity (Wildman–Crippen MR) is 124 cm³/mol. The second-order valence-electron chi connectivity index (χ2n) is 8.14. The summed E-state index contributed by atoms with van der Waals surface area (Å²) in [5.74, 6) is 0.924. The molecule has 0 spiro atoms. The van der Waals surface area contributed by atoms with Crippen LogP contribution in [0.3, 0.4) is 0 Å². The van der Waals surface area contributed by atoms with Gasteiger partial charge in [-0.3, -0.25) is 4.79 Å². The van der Waals surface area contributed by atoms with E-state index in [0.717, 1.165) is 16.7 Å². The third-order valence-corrected chi connectivity index (χ3v) is 5.35. The lowest BCUT2D eigenvalue weighted by molar-refractivity contribution is -0.133. The van der Waals surface area contributed by atoms with Gasteiger partial charge < -0.3 is 4.90 Å². The van der Waals surface area contributed by atoms with Crippen molar-refractivity contribution in [3.8, 4) is 11.4 Å². The van der Waals surface area contributed by atoms with E-state index < -0.39 is 0 Å². The summed E-state index contributed by atoms with van der Waals surface area (Å²) in [7, 11) is 0. The van der Waals surface area contributed by atoms with Gasteiger partial charge in [0.05, 0.1) is 0 Å². The second kappa shape index (κ2) is 10.0. The van der Waals surface area contributed by atoms with Crippen molar-refractivity contribution in [3.63, 3.8) is 0 Å². The van der Waals surface area contributed by atoms with Crippen LogP contribution in [0.1, 0.15) is 36.5 Å². The minimum Gasteiger partial charge on any atom is -0.332 e. The molecular formula is C26H27N5O. The first-order chi connectivity index (χ1) is 15.6. The molecule has 0 radical (unpaired) electrons. The van der Waals surface area contributed by atoms with Crippen LogP contribution in [0.25, 0.3) is 11.4 Å². The summed E-state index contributed by atoms with van der Waals surface area (Å²) in [4.78, 5) is 16.4. The minimum absolute atomic E-state index is 0.0384. The molecular weight excluding hydrogens is 398 g/mol. The van der Waals surface area contributed by atoms with Gasteiger partial charge in [-0.2, -0.15) is 4.80 Å². The van der Waals surface area contributed by atoms with E-state index in [-0.39, 0.29) is 12.5 Å². The summed E-state index contributed by atoms with van der Waals surface area (Å²) in [6.07, 6.45) is 0. The summed E-state index contributed by atoms with van der Waals surface area (Å²) in [6, 6.07) is 28.1. The lowest BCUT2D eigenvalue weighted by Gasteiger charge is -2.23. The van der Waals surface area contributed by atoms with Gasteiger partial charge >= 0.3 is 0 Å². The lowest BCUT2D eigenvalue weighted by Crippen LogP contribution is -2.33. The van der Waals surface area contributed by atoms with Crippen LogP contribution < -0.4 is 0 Å². The molecule has 4 rings (SSSR count). The van der Waals surface area contributed by atoms with Crippen LogP contribution in [-0.4, -0.2) is 31.0 Å². The minimum atomic E-state index is -0.0585. The van der Waals surface area contributed by atoms with Crippen molar-refractivity contribution in [3.05, 3.63) is 102 Å². The molecule has 0 saturated heterocycles. The quantitative estimate of drug-likeness (QED) is 0.411. The van der Waals surface area contributed by atoms with Crippen LogP contribution in [0.4, 0.5) is 0 Å². The SMILES string of the molecule is CC(C)c1ccc(-c2nnn(CC(=O)N(Cc3ccccc3)Cc3ccccc3)n2)cc1. The number of carbonyl (C=O) groups is 1. The molecule has 6 heteroatoms. The Labute approximate surface area is 188 Å². The standard InChI is InChI=1S/C26H27N5O/c1-20(2)23-13-15-24(16-14-23)26-27-29-31(28-26)19-25(32)30(17-21-9-5-3-6-10-21)18-22-11-7-4-8-12-22/h3-16,20H,17-19H2,1-2H3. The first-order valence-corrected chi connectivity index (χ1v) is 10.8. The molecule has 0 aliphatic rings. The number of carbonyl (C=O) groups excluding carboxylic acids is 1. The van der Waals surface area contributed by atoms with Crippen LogP contribution in [0, 0.1) is 0 Å². The molecule has 0 saturated carbocycles. The molecule has 0 atom stereocenters. The molecule has 1 heterocycles. The third kappa shape index (κ3) is 5.46. The molecule has 1 aromatic heterocycles. The molecule has 32 heavy (non-hydrogen) atoms. The van der Waals surface area contributed by atoms with Crippen molar-refractivity contribution in [1.29, 1.82) is 0 Å². The maximum absolute atomic E-state index is 13.2. The maximum atomic E-state index is 13.2. The molecule has 0 N–H and O–H groups in total. The highest BCUT2D eigenvalue weighted by Crippen LogP contribution is 2.19. The van der Waals surface area contributed by atoms with Gasteiger partial charge in [-0.05, 0) is 27.8 Å². The van der Waals surface area contributed by atoms with E-state index in [0.29, 0.717) is 24.8 Å². The zero-order valence-corrected chi connectivity index (χ0v) is 18.4. The summed E-state index contributed by atoms with van der Waals surface area (Å²) in [5.41, 5.74) is 4.30.